The van der Waals surface area contributed by atoms with E-state index in [1.165, 1.54) is 21.8 Å². The van der Waals surface area contributed by atoms with Gasteiger partial charge in [0.15, 0.2) is 0 Å². The number of fused-ring (bicyclic) bond motifs is 1. The van der Waals surface area contributed by atoms with Crippen LogP contribution in [0.25, 0.3) is 0 Å². The Bertz CT molecular complexity index is 693. The molecular weight excluding hydrogens is 318 g/mol. The van der Waals surface area contributed by atoms with Crippen LogP contribution >= 0.6 is 22.7 Å². The Labute approximate surface area is 137 Å². The second kappa shape index (κ2) is 6.58. The van der Waals surface area contributed by atoms with E-state index in [4.69, 9.17) is 0 Å². The second-order valence-corrected chi connectivity index (χ2v) is 7.10. The standard InChI is InChI=1S/C15H17N3O2S2/c1-10-15(22-9-16-10)17-13(19)2-3-14(20)18-6-4-12-11(8-18)5-7-21-12/h5,7,9H,2-4,6,8H2,1H3,(H,17,19). The highest BCUT2D eigenvalue weighted by Gasteiger charge is 2.21. The van der Waals surface area contributed by atoms with Crippen molar-refractivity contribution < 1.29 is 9.59 Å². The molecule has 3 heterocycles. The van der Waals surface area contributed by atoms with Crippen molar-refractivity contribution in [2.45, 2.75) is 32.7 Å². The first-order valence-electron chi connectivity index (χ1n) is 7.16. The Balaban J connectivity index is 1.48. The van der Waals surface area contributed by atoms with E-state index < -0.39 is 0 Å². The maximum Gasteiger partial charge on any atom is 0.225 e. The van der Waals surface area contributed by atoms with Gasteiger partial charge in [-0.1, -0.05) is 0 Å². The molecule has 2 amide bonds. The third-order valence-corrected chi connectivity index (χ3v) is 5.59. The van der Waals surface area contributed by atoms with Crippen LogP contribution in [0.15, 0.2) is 17.0 Å². The highest BCUT2D eigenvalue weighted by molar-refractivity contribution is 7.14. The number of hydrogen-bond acceptors (Lipinski definition) is 5. The predicted octanol–water partition coefficient (Wildman–Crippen LogP) is 2.82. The van der Waals surface area contributed by atoms with Gasteiger partial charge in [0.2, 0.25) is 11.8 Å². The molecule has 0 saturated carbocycles. The fourth-order valence-corrected chi connectivity index (χ4v) is 4.05. The number of carbonyl (C=O) groups excluding carboxylic acids is 2. The van der Waals surface area contributed by atoms with Gasteiger partial charge in [0.25, 0.3) is 0 Å². The second-order valence-electron chi connectivity index (χ2n) is 5.25. The zero-order valence-corrected chi connectivity index (χ0v) is 13.9. The quantitative estimate of drug-likeness (QED) is 0.934. The zero-order chi connectivity index (χ0) is 15.5. The Morgan fingerprint density at radius 1 is 1.36 bits per heavy atom. The van der Waals surface area contributed by atoms with Crippen molar-refractivity contribution in [2.24, 2.45) is 0 Å². The molecule has 2 aromatic heterocycles. The Kier molecular flexibility index (Phi) is 4.54. The Morgan fingerprint density at radius 3 is 3.00 bits per heavy atom. The molecule has 0 fully saturated rings. The van der Waals surface area contributed by atoms with Crippen LogP contribution in [0.5, 0.6) is 0 Å². The number of aryl methyl sites for hydroxylation is 1. The van der Waals surface area contributed by atoms with Crippen molar-refractivity contribution in [3.05, 3.63) is 33.1 Å². The summed E-state index contributed by atoms with van der Waals surface area (Å²) in [5.74, 6) is -0.0815. The first kappa shape index (κ1) is 15.2. The molecule has 22 heavy (non-hydrogen) atoms. The lowest BCUT2D eigenvalue weighted by Crippen LogP contribution is -2.35. The van der Waals surface area contributed by atoms with Crippen molar-refractivity contribution in [3.8, 4) is 0 Å². The van der Waals surface area contributed by atoms with Crippen LogP contribution in [0.4, 0.5) is 5.00 Å². The van der Waals surface area contributed by atoms with Gasteiger partial charge in [0.1, 0.15) is 5.00 Å². The monoisotopic (exact) mass is 335 g/mol. The summed E-state index contributed by atoms with van der Waals surface area (Å²) in [6, 6.07) is 2.08. The number of nitrogens with zero attached hydrogens (tertiary/aromatic N) is 2. The summed E-state index contributed by atoms with van der Waals surface area (Å²) in [7, 11) is 0. The average Bonchev–Trinajstić information content (AvgIpc) is 3.13. The fourth-order valence-electron chi connectivity index (χ4n) is 2.45. The lowest BCUT2D eigenvalue weighted by atomic mass is 10.1. The molecule has 0 bridgehead atoms. The predicted molar refractivity (Wildman–Crippen MR) is 88.2 cm³/mol. The van der Waals surface area contributed by atoms with E-state index in [9.17, 15) is 9.59 Å². The Morgan fingerprint density at radius 2 is 2.23 bits per heavy atom. The van der Waals surface area contributed by atoms with Gasteiger partial charge in [-0.3, -0.25) is 9.59 Å². The number of amides is 2. The van der Waals surface area contributed by atoms with Gasteiger partial charge in [0, 0.05) is 30.8 Å². The van der Waals surface area contributed by atoms with Gasteiger partial charge in [0.05, 0.1) is 11.2 Å². The first-order valence-corrected chi connectivity index (χ1v) is 8.92. The molecule has 3 rings (SSSR count). The zero-order valence-electron chi connectivity index (χ0n) is 12.3. The van der Waals surface area contributed by atoms with E-state index in [1.54, 1.807) is 16.8 Å². The van der Waals surface area contributed by atoms with Crippen LogP contribution in [-0.4, -0.2) is 28.2 Å². The van der Waals surface area contributed by atoms with Crippen molar-refractivity contribution in [1.82, 2.24) is 9.88 Å². The maximum atomic E-state index is 12.2. The normalized spacial score (nSPS) is 13.8. The SMILES string of the molecule is Cc1ncsc1NC(=O)CCC(=O)N1CCc2sccc2C1. The largest absolute Gasteiger partial charge is 0.338 e. The molecule has 0 aliphatic carbocycles. The molecule has 1 aliphatic rings. The Hall–Kier alpha value is -1.73. The van der Waals surface area contributed by atoms with Crippen LogP contribution in [-0.2, 0) is 22.6 Å². The molecular formula is C15H17N3O2S2. The highest BCUT2D eigenvalue weighted by Crippen LogP contribution is 2.24. The summed E-state index contributed by atoms with van der Waals surface area (Å²) in [6.45, 7) is 3.28. The summed E-state index contributed by atoms with van der Waals surface area (Å²) < 4.78 is 0. The highest BCUT2D eigenvalue weighted by atomic mass is 32.1. The van der Waals surface area contributed by atoms with E-state index in [-0.39, 0.29) is 24.7 Å². The molecule has 0 saturated heterocycles. The number of hydrogen-bond donors (Lipinski definition) is 1. The smallest absolute Gasteiger partial charge is 0.225 e. The summed E-state index contributed by atoms with van der Waals surface area (Å²) in [5, 5.41) is 5.64. The number of anilines is 1. The van der Waals surface area contributed by atoms with Gasteiger partial charge in [-0.2, -0.15) is 0 Å². The van der Waals surface area contributed by atoms with Gasteiger partial charge in [-0.05, 0) is 30.4 Å². The summed E-state index contributed by atoms with van der Waals surface area (Å²) in [4.78, 5) is 31.5. The minimum Gasteiger partial charge on any atom is -0.338 e. The van der Waals surface area contributed by atoms with E-state index in [0.717, 1.165) is 23.7 Å². The van der Waals surface area contributed by atoms with Crippen molar-refractivity contribution in [1.29, 1.82) is 0 Å². The topological polar surface area (TPSA) is 62.3 Å². The summed E-state index contributed by atoms with van der Waals surface area (Å²) in [6.07, 6.45) is 1.39. The molecule has 0 radical (unpaired) electrons. The van der Waals surface area contributed by atoms with Crippen LogP contribution in [0, 0.1) is 6.92 Å². The van der Waals surface area contributed by atoms with Crippen molar-refractivity contribution in [2.75, 3.05) is 11.9 Å². The van der Waals surface area contributed by atoms with Gasteiger partial charge >= 0.3 is 0 Å². The van der Waals surface area contributed by atoms with Crippen molar-refractivity contribution >= 4 is 39.5 Å². The van der Waals surface area contributed by atoms with Crippen LogP contribution in [0.2, 0.25) is 0 Å². The number of rotatable bonds is 4. The molecule has 0 aromatic carbocycles. The summed E-state index contributed by atoms with van der Waals surface area (Å²) >= 11 is 3.15. The lowest BCUT2D eigenvalue weighted by Gasteiger charge is -2.27. The average molecular weight is 335 g/mol. The molecule has 5 nitrogen and oxygen atoms in total. The molecule has 0 spiro atoms. The minimum absolute atomic E-state index is 0.0491. The maximum absolute atomic E-state index is 12.2. The number of thiazole rings is 1. The molecule has 2 aromatic rings. The van der Waals surface area contributed by atoms with Crippen LogP contribution < -0.4 is 5.32 Å². The molecule has 1 aliphatic heterocycles. The minimum atomic E-state index is -0.131. The van der Waals surface area contributed by atoms with E-state index in [1.807, 2.05) is 11.8 Å². The fraction of sp³-hybridized carbons (Fsp3) is 0.400. The molecule has 1 N–H and O–H groups in total. The summed E-state index contributed by atoms with van der Waals surface area (Å²) in [5.41, 5.74) is 3.75. The molecule has 7 heteroatoms. The van der Waals surface area contributed by atoms with Gasteiger partial charge in [-0.25, -0.2) is 4.98 Å². The van der Waals surface area contributed by atoms with E-state index >= 15 is 0 Å². The van der Waals surface area contributed by atoms with Crippen molar-refractivity contribution in [3.63, 3.8) is 0 Å². The van der Waals surface area contributed by atoms with Gasteiger partial charge < -0.3 is 10.2 Å². The third-order valence-electron chi connectivity index (χ3n) is 3.72. The van der Waals surface area contributed by atoms with Crippen LogP contribution in [0.1, 0.15) is 29.0 Å². The van der Waals surface area contributed by atoms with E-state index in [0.29, 0.717) is 6.54 Å². The van der Waals surface area contributed by atoms with E-state index in [2.05, 4.69) is 21.7 Å². The number of aromatic nitrogens is 1. The molecule has 0 atom stereocenters. The third kappa shape index (κ3) is 3.36. The first-order chi connectivity index (χ1) is 10.6. The molecule has 116 valence electrons. The molecule has 0 unspecified atom stereocenters. The number of carbonyl (C=O) groups is 2. The number of nitrogens with one attached hydrogen (secondary N) is 1. The number of thiophene rings is 1. The van der Waals surface area contributed by atoms with Crippen LogP contribution in [0.3, 0.4) is 0 Å². The van der Waals surface area contributed by atoms with Gasteiger partial charge in [-0.15, -0.1) is 22.7 Å². The lowest BCUT2D eigenvalue weighted by molar-refractivity contribution is -0.133.